The Morgan fingerprint density at radius 2 is 1.52 bits per heavy atom. The molecule has 0 spiro atoms. The number of hydrogen-bond acceptors (Lipinski definition) is 4. The third-order valence-corrected chi connectivity index (χ3v) is 3.35. The highest BCUT2D eigenvalue weighted by atomic mass is 16.4. The van der Waals surface area contributed by atoms with Crippen molar-refractivity contribution >= 4 is 5.97 Å². The summed E-state index contributed by atoms with van der Waals surface area (Å²) in [5.41, 5.74) is 0. The number of rotatable bonds is 14. The smallest absolute Gasteiger partial charge is 0.303 e. The largest absolute Gasteiger partial charge is 0.481 e. The number of hydrogen-bond donors (Lipinski definition) is 4. The fourth-order valence-corrected chi connectivity index (χ4v) is 1.92. The van der Waals surface area contributed by atoms with Crippen molar-refractivity contribution in [1.29, 1.82) is 0 Å². The molecule has 5 nitrogen and oxygen atoms in total. The minimum atomic E-state index is -2.39. The third-order valence-electron chi connectivity index (χ3n) is 3.35. The van der Waals surface area contributed by atoms with Crippen LogP contribution in [0, 0.1) is 0 Å². The van der Waals surface area contributed by atoms with Gasteiger partial charge in [-0.05, 0) is 19.3 Å². The second kappa shape index (κ2) is 15.8. The molecular weight excluding hydrogens is 320 g/mol. The van der Waals surface area contributed by atoms with Crippen LogP contribution in [-0.2, 0) is 4.79 Å². The molecule has 0 aliphatic heterocycles. The molecule has 0 aromatic carbocycles. The fraction of sp³-hybridized carbons (Fsp3) is 0.550. The van der Waals surface area contributed by atoms with E-state index in [1.165, 1.54) is 6.08 Å². The Balaban J connectivity index is 4.33. The molecule has 0 rings (SSSR count). The average Bonchev–Trinajstić information content (AvgIpc) is 2.56. The van der Waals surface area contributed by atoms with E-state index >= 15 is 0 Å². The van der Waals surface area contributed by atoms with Gasteiger partial charge in [-0.1, -0.05) is 74.8 Å². The van der Waals surface area contributed by atoms with Gasteiger partial charge in [0.05, 0.1) is 21.0 Å². The number of aliphatic hydroxyl groups excluding tert-OH is 1. The number of carboxylic acids is 1. The van der Waals surface area contributed by atoms with Crippen molar-refractivity contribution in [2.24, 2.45) is 0 Å². The number of carboxylic acid groups (broad SMARTS) is 1. The third kappa shape index (κ3) is 15.6. The summed E-state index contributed by atoms with van der Waals surface area (Å²) in [5, 5.41) is 38.0. The topological polar surface area (TPSA) is 98.0 Å². The van der Waals surface area contributed by atoms with Crippen molar-refractivity contribution < 1.29 is 28.0 Å². The lowest BCUT2D eigenvalue weighted by Crippen LogP contribution is -2.23. The summed E-state index contributed by atoms with van der Waals surface area (Å²) < 4.78 is 15.5. The van der Waals surface area contributed by atoms with Gasteiger partial charge in [0.2, 0.25) is 0 Å². The van der Waals surface area contributed by atoms with Crippen LogP contribution in [0.1, 0.15) is 54.6 Å². The second-order valence-electron chi connectivity index (χ2n) is 5.66. The monoisotopic (exact) mass is 354 g/mol. The van der Waals surface area contributed by atoms with Gasteiger partial charge in [0.1, 0.15) is 0 Å². The first kappa shape index (κ1) is 19.6. The van der Waals surface area contributed by atoms with E-state index in [4.69, 9.17) is 7.85 Å². The predicted octanol–water partition coefficient (Wildman–Crippen LogP) is 3.13. The van der Waals surface area contributed by atoms with Crippen LogP contribution >= 0.6 is 0 Å². The normalized spacial score (nSPS) is 20.0. The van der Waals surface area contributed by atoms with Gasteiger partial charge in [-0.15, -0.1) is 0 Å². The molecule has 0 radical (unpaired) electrons. The summed E-state index contributed by atoms with van der Waals surface area (Å²) in [4.78, 5) is 10.4. The number of aliphatic carboxylic acids is 1. The summed E-state index contributed by atoms with van der Waals surface area (Å²) in [5.74, 6) is -0.881. The van der Waals surface area contributed by atoms with E-state index < -0.39 is 24.2 Å². The number of allylic oxidation sites excluding steroid dienone is 6. The lowest BCUT2D eigenvalue weighted by atomic mass is 10.1. The molecule has 0 aromatic rings. The van der Waals surface area contributed by atoms with Crippen LogP contribution in [0.5, 0.6) is 0 Å². The Morgan fingerprint density at radius 3 is 2.12 bits per heavy atom. The zero-order valence-corrected chi connectivity index (χ0v) is 14.8. The van der Waals surface area contributed by atoms with Gasteiger partial charge in [-0.2, -0.15) is 0 Å². The minimum absolute atomic E-state index is 0.0222. The van der Waals surface area contributed by atoms with Crippen molar-refractivity contribution in [3.8, 4) is 0 Å². The van der Waals surface area contributed by atoms with Gasteiger partial charge in [0.25, 0.3) is 0 Å². The molecule has 25 heavy (non-hydrogen) atoms. The van der Waals surface area contributed by atoms with Crippen molar-refractivity contribution in [1.82, 2.24) is 0 Å². The second-order valence-corrected chi connectivity index (χ2v) is 5.66. The van der Waals surface area contributed by atoms with Crippen LogP contribution in [0.4, 0.5) is 0 Å². The maximum absolute atomic E-state index is 10.4. The maximum atomic E-state index is 10.4. The van der Waals surface area contributed by atoms with Crippen molar-refractivity contribution in [3.63, 3.8) is 0 Å². The van der Waals surface area contributed by atoms with Crippen molar-refractivity contribution in [2.75, 3.05) is 0 Å². The SMILES string of the molecule is [2H]C(O)(/C=C/C=C/C=C\C=C\[C@@H](O)CCCC(=O)O)C([2H])(O)CCCCC. The van der Waals surface area contributed by atoms with Crippen LogP contribution < -0.4 is 0 Å². The zero-order valence-electron chi connectivity index (χ0n) is 16.8. The summed E-state index contributed by atoms with van der Waals surface area (Å²) in [6.07, 6.45) is 9.98. The molecule has 5 heteroatoms. The van der Waals surface area contributed by atoms with Crippen LogP contribution in [0.3, 0.4) is 0 Å². The van der Waals surface area contributed by atoms with E-state index in [2.05, 4.69) is 0 Å². The Hall–Kier alpha value is -1.69. The highest BCUT2D eigenvalue weighted by Crippen LogP contribution is 2.07. The molecule has 0 aliphatic rings. The maximum Gasteiger partial charge on any atom is 0.303 e. The van der Waals surface area contributed by atoms with Crippen LogP contribution in [-0.4, -0.2) is 44.7 Å². The summed E-state index contributed by atoms with van der Waals surface area (Å²) in [7, 11) is 0. The summed E-state index contributed by atoms with van der Waals surface area (Å²) >= 11 is 0. The van der Waals surface area contributed by atoms with Crippen LogP contribution in [0.2, 0.25) is 0 Å². The van der Waals surface area contributed by atoms with E-state index in [0.717, 1.165) is 18.9 Å². The average molecular weight is 354 g/mol. The fourth-order valence-electron chi connectivity index (χ4n) is 1.92. The Labute approximate surface area is 153 Å². The van der Waals surface area contributed by atoms with E-state index in [0.29, 0.717) is 19.3 Å². The van der Waals surface area contributed by atoms with E-state index in [9.17, 15) is 20.1 Å². The number of aliphatic hydroxyl groups is 3. The molecule has 4 N–H and O–H groups in total. The van der Waals surface area contributed by atoms with Crippen LogP contribution in [0.25, 0.3) is 0 Å². The van der Waals surface area contributed by atoms with Gasteiger partial charge in [-0.25, -0.2) is 0 Å². The minimum Gasteiger partial charge on any atom is -0.481 e. The van der Waals surface area contributed by atoms with Gasteiger partial charge in [0.15, 0.2) is 0 Å². The molecular formula is C20H32O5. The Kier molecular flexibility index (Phi) is 12.4. The summed E-state index contributed by atoms with van der Waals surface area (Å²) in [6.45, 7) is 1.99. The quantitative estimate of drug-likeness (QED) is 0.284. The first-order valence-electron chi connectivity index (χ1n) is 9.66. The van der Waals surface area contributed by atoms with Gasteiger partial charge < -0.3 is 20.4 Å². The molecule has 0 amide bonds. The zero-order chi connectivity index (χ0) is 20.8. The van der Waals surface area contributed by atoms with Crippen molar-refractivity contribution in [2.45, 2.75) is 70.1 Å². The van der Waals surface area contributed by atoms with Gasteiger partial charge in [0, 0.05) is 6.42 Å². The van der Waals surface area contributed by atoms with Gasteiger partial charge in [-0.3, -0.25) is 4.79 Å². The molecule has 0 saturated carbocycles. The molecule has 0 fully saturated rings. The van der Waals surface area contributed by atoms with Crippen molar-refractivity contribution in [3.05, 3.63) is 48.6 Å². The molecule has 2 unspecified atom stereocenters. The molecule has 0 bridgehead atoms. The standard InChI is InChI=1S/C20H32O5/c1-2-3-8-14-18(22)19(23)15-10-7-5-4-6-9-12-17(21)13-11-16-20(24)25/h4-7,9-10,12,15,17-19,21-23H,2-3,8,11,13-14,16H2,1H3,(H,24,25)/b6-4-,7-5+,12-9+,15-10+/t17-,18?,19?/m1/s1/i18D,19D. The predicted molar refractivity (Wildman–Crippen MR) is 100 cm³/mol. The van der Waals surface area contributed by atoms with Crippen LogP contribution in [0.15, 0.2) is 48.6 Å². The lowest BCUT2D eigenvalue weighted by Gasteiger charge is -2.13. The first-order chi connectivity index (χ1) is 12.6. The summed E-state index contributed by atoms with van der Waals surface area (Å²) in [6, 6.07) is 0. The van der Waals surface area contributed by atoms with E-state index in [1.807, 2.05) is 6.92 Å². The Morgan fingerprint density at radius 1 is 0.920 bits per heavy atom. The molecule has 3 atom stereocenters. The molecule has 0 aromatic heterocycles. The molecule has 0 saturated heterocycles. The molecule has 142 valence electrons. The number of carbonyl (C=O) groups is 1. The van der Waals surface area contributed by atoms with E-state index in [-0.39, 0.29) is 12.8 Å². The highest BCUT2D eigenvalue weighted by Gasteiger charge is 2.11. The lowest BCUT2D eigenvalue weighted by molar-refractivity contribution is -0.137. The number of unbranched alkanes of at least 4 members (excludes halogenated alkanes) is 2. The van der Waals surface area contributed by atoms with Gasteiger partial charge >= 0.3 is 5.97 Å². The Bertz CT molecular complexity index is 536. The first-order valence-corrected chi connectivity index (χ1v) is 8.66. The highest BCUT2D eigenvalue weighted by molar-refractivity contribution is 5.66. The molecule has 0 heterocycles. The molecule has 0 aliphatic carbocycles. The van der Waals surface area contributed by atoms with E-state index in [1.54, 1.807) is 36.5 Å².